The monoisotopic (exact) mass is 385 g/mol. The molecule has 0 bridgehead atoms. The van der Waals surface area contributed by atoms with Crippen LogP contribution >= 0.6 is 0 Å². The molecule has 1 aromatic rings. The van der Waals surface area contributed by atoms with Crippen LogP contribution < -0.4 is 15.8 Å². The second-order valence-corrected chi connectivity index (χ2v) is 9.09. The van der Waals surface area contributed by atoms with E-state index < -0.39 is 12.1 Å². The summed E-state index contributed by atoms with van der Waals surface area (Å²) in [5.74, 6) is 0.692. The van der Waals surface area contributed by atoms with Gasteiger partial charge < -0.3 is 20.7 Å². The highest BCUT2D eigenvalue weighted by molar-refractivity contribution is 5.91. The minimum absolute atomic E-state index is 0.0665. The van der Waals surface area contributed by atoms with Crippen molar-refractivity contribution < 1.29 is 14.3 Å². The van der Waals surface area contributed by atoms with E-state index in [0.717, 1.165) is 43.4 Å². The molecule has 0 spiro atoms. The maximum Gasteiger partial charge on any atom is 0.243 e. The van der Waals surface area contributed by atoms with Crippen LogP contribution in [0.25, 0.3) is 0 Å². The second-order valence-electron chi connectivity index (χ2n) is 9.09. The van der Waals surface area contributed by atoms with Gasteiger partial charge in [0.2, 0.25) is 11.8 Å². The van der Waals surface area contributed by atoms with Crippen LogP contribution in [0, 0.1) is 5.41 Å². The first-order chi connectivity index (χ1) is 13.4. The van der Waals surface area contributed by atoms with Crippen molar-refractivity contribution in [2.24, 2.45) is 11.1 Å². The number of para-hydroxylation sites is 1. The minimum Gasteiger partial charge on any atom is -0.493 e. The predicted molar refractivity (Wildman–Crippen MR) is 107 cm³/mol. The largest absolute Gasteiger partial charge is 0.493 e. The molecule has 6 heteroatoms. The molecule has 0 aliphatic carbocycles. The smallest absolute Gasteiger partial charge is 0.243 e. The van der Waals surface area contributed by atoms with E-state index in [-0.39, 0.29) is 29.3 Å². The summed E-state index contributed by atoms with van der Waals surface area (Å²) in [6, 6.07) is 6.89. The second kappa shape index (κ2) is 7.39. The topological polar surface area (TPSA) is 84.7 Å². The third-order valence-electron chi connectivity index (χ3n) is 6.80. The van der Waals surface area contributed by atoms with Crippen molar-refractivity contribution in [3.63, 3.8) is 0 Å². The van der Waals surface area contributed by atoms with Gasteiger partial charge in [-0.15, -0.1) is 0 Å². The molecule has 3 N–H and O–H groups in total. The van der Waals surface area contributed by atoms with Crippen LogP contribution in [0.1, 0.15) is 64.0 Å². The normalized spacial score (nSPS) is 31.8. The van der Waals surface area contributed by atoms with Crippen LogP contribution in [0.4, 0.5) is 0 Å². The molecule has 6 nitrogen and oxygen atoms in total. The van der Waals surface area contributed by atoms with E-state index in [2.05, 4.69) is 19.2 Å². The van der Waals surface area contributed by atoms with E-state index in [9.17, 15) is 9.59 Å². The van der Waals surface area contributed by atoms with Gasteiger partial charge in [0.25, 0.3) is 0 Å². The number of hydrogen-bond acceptors (Lipinski definition) is 4. The summed E-state index contributed by atoms with van der Waals surface area (Å²) >= 11 is 0. The van der Waals surface area contributed by atoms with Gasteiger partial charge in [-0.25, -0.2) is 0 Å². The highest BCUT2D eigenvalue weighted by atomic mass is 16.5. The Labute approximate surface area is 166 Å². The van der Waals surface area contributed by atoms with E-state index in [1.807, 2.05) is 29.2 Å². The Bertz CT molecular complexity index is 763. The van der Waals surface area contributed by atoms with E-state index >= 15 is 0 Å². The molecule has 1 unspecified atom stereocenters. The van der Waals surface area contributed by atoms with Gasteiger partial charge in [-0.1, -0.05) is 38.5 Å². The highest BCUT2D eigenvalue weighted by Crippen LogP contribution is 2.38. The fourth-order valence-electron chi connectivity index (χ4n) is 4.96. The number of amides is 2. The number of rotatable bonds is 2. The Balaban J connectivity index is 1.53. The number of nitrogens with one attached hydrogen (secondary N) is 1. The van der Waals surface area contributed by atoms with Crippen molar-refractivity contribution in [1.29, 1.82) is 0 Å². The molecule has 2 amide bonds. The maximum atomic E-state index is 13.2. The van der Waals surface area contributed by atoms with Gasteiger partial charge in [0, 0.05) is 18.0 Å². The van der Waals surface area contributed by atoms with Crippen molar-refractivity contribution in [2.45, 2.75) is 76.5 Å². The van der Waals surface area contributed by atoms with E-state index in [1.54, 1.807) is 0 Å². The van der Waals surface area contributed by atoms with Gasteiger partial charge in [-0.2, -0.15) is 0 Å². The van der Waals surface area contributed by atoms with Crippen LogP contribution in [0.5, 0.6) is 5.75 Å². The van der Waals surface area contributed by atoms with Crippen molar-refractivity contribution >= 4 is 11.8 Å². The van der Waals surface area contributed by atoms with E-state index in [4.69, 9.17) is 10.5 Å². The van der Waals surface area contributed by atoms with E-state index in [1.165, 1.54) is 0 Å². The average Bonchev–Trinajstić information content (AvgIpc) is 3.10. The van der Waals surface area contributed by atoms with Gasteiger partial charge >= 0.3 is 0 Å². The summed E-state index contributed by atoms with van der Waals surface area (Å²) in [7, 11) is 0. The number of carbonyl (C=O) groups is 2. The number of nitrogens with zero attached hydrogens (tertiary/aromatic N) is 1. The fourth-order valence-corrected chi connectivity index (χ4v) is 4.96. The van der Waals surface area contributed by atoms with Crippen molar-refractivity contribution in [1.82, 2.24) is 10.2 Å². The van der Waals surface area contributed by atoms with Crippen LogP contribution in [0.3, 0.4) is 0 Å². The van der Waals surface area contributed by atoms with Gasteiger partial charge in [0.05, 0.1) is 18.7 Å². The molecule has 4 rings (SSSR count). The lowest BCUT2D eigenvalue weighted by molar-refractivity contribution is -0.145. The number of hydrogen-bond donors (Lipinski definition) is 2. The molecule has 2 fully saturated rings. The quantitative estimate of drug-likeness (QED) is 0.819. The number of fused-ring (bicyclic) bond motifs is 2. The third-order valence-corrected chi connectivity index (χ3v) is 6.80. The number of carbonyl (C=O) groups excluding carboxylic acids is 2. The molecule has 4 atom stereocenters. The zero-order chi connectivity index (χ0) is 19.9. The Morgan fingerprint density at radius 1 is 1.21 bits per heavy atom. The Morgan fingerprint density at radius 2 is 2.00 bits per heavy atom. The Morgan fingerprint density at radius 3 is 2.82 bits per heavy atom. The minimum atomic E-state index is -0.562. The summed E-state index contributed by atoms with van der Waals surface area (Å²) < 4.78 is 5.70. The SMILES string of the molecule is CC1(C)CCC[C@H]2CC[C@@H](C(=O)NC3CCOc4ccccc43)N2C(=O)[C@H]1N. The lowest BCUT2D eigenvalue weighted by Crippen LogP contribution is -2.58. The van der Waals surface area contributed by atoms with Crippen LogP contribution in [-0.4, -0.2) is 41.4 Å². The number of nitrogens with two attached hydrogens (primary N) is 1. The standard InChI is InChI=1S/C22H31N3O3/c1-22(2)12-5-6-14-9-10-17(25(14)21(27)19(22)23)20(26)24-16-11-13-28-18-8-4-3-7-15(16)18/h3-4,7-8,14,16-17,19H,5-6,9-13,23H2,1-2H3,(H,24,26)/t14-,16?,17-,19+/m0/s1. The first-order valence-corrected chi connectivity index (χ1v) is 10.5. The van der Waals surface area contributed by atoms with Crippen LogP contribution in [0.15, 0.2) is 24.3 Å². The summed E-state index contributed by atoms with van der Waals surface area (Å²) in [6.07, 6.45) is 5.25. The van der Waals surface area contributed by atoms with Crippen LogP contribution in [-0.2, 0) is 9.59 Å². The summed E-state index contributed by atoms with van der Waals surface area (Å²) in [5.41, 5.74) is 7.11. The van der Waals surface area contributed by atoms with Gasteiger partial charge in [-0.05, 0) is 37.2 Å². The molecule has 0 radical (unpaired) electrons. The summed E-state index contributed by atoms with van der Waals surface area (Å²) in [4.78, 5) is 28.2. The summed E-state index contributed by atoms with van der Waals surface area (Å²) in [5, 5.41) is 3.19. The zero-order valence-corrected chi connectivity index (χ0v) is 16.8. The van der Waals surface area contributed by atoms with E-state index in [0.29, 0.717) is 13.0 Å². The van der Waals surface area contributed by atoms with Crippen molar-refractivity contribution in [3.05, 3.63) is 29.8 Å². The van der Waals surface area contributed by atoms with Crippen molar-refractivity contribution in [2.75, 3.05) is 6.61 Å². The first kappa shape index (κ1) is 19.2. The van der Waals surface area contributed by atoms with Gasteiger partial charge in [0.1, 0.15) is 11.8 Å². The molecule has 3 aliphatic heterocycles. The third kappa shape index (κ3) is 3.39. The molecule has 2 saturated heterocycles. The Kier molecular flexibility index (Phi) is 5.08. The van der Waals surface area contributed by atoms with Crippen molar-refractivity contribution in [3.8, 4) is 5.75 Å². The van der Waals surface area contributed by atoms with Gasteiger partial charge in [-0.3, -0.25) is 9.59 Å². The molecule has 3 aliphatic rings. The summed E-state index contributed by atoms with van der Waals surface area (Å²) in [6.45, 7) is 4.69. The molecule has 0 aromatic heterocycles. The molecular weight excluding hydrogens is 354 g/mol. The molecule has 3 heterocycles. The first-order valence-electron chi connectivity index (χ1n) is 10.5. The fraction of sp³-hybridized carbons (Fsp3) is 0.636. The average molecular weight is 386 g/mol. The predicted octanol–water partition coefficient (Wildman–Crippen LogP) is 2.52. The number of benzene rings is 1. The van der Waals surface area contributed by atoms with Gasteiger partial charge in [0.15, 0.2) is 0 Å². The molecule has 152 valence electrons. The molecule has 28 heavy (non-hydrogen) atoms. The molecular formula is C22H31N3O3. The zero-order valence-electron chi connectivity index (χ0n) is 16.8. The molecule has 0 saturated carbocycles. The van der Waals surface area contributed by atoms with Crippen LogP contribution in [0.2, 0.25) is 0 Å². The maximum absolute atomic E-state index is 13.2. The lowest BCUT2D eigenvalue weighted by atomic mass is 9.77. The Hall–Kier alpha value is -2.08. The lowest BCUT2D eigenvalue weighted by Gasteiger charge is -2.40. The highest BCUT2D eigenvalue weighted by Gasteiger charge is 2.47. The molecule has 1 aromatic carbocycles. The number of ether oxygens (including phenoxy) is 1.